The van der Waals surface area contributed by atoms with Crippen molar-refractivity contribution in [2.45, 2.75) is 26.7 Å². The van der Waals surface area contributed by atoms with Gasteiger partial charge in [0.15, 0.2) is 0 Å². The summed E-state index contributed by atoms with van der Waals surface area (Å²) in [7, 11) is 0. The molecule has 0 bridgehead atoms. The molecule has 2 aromatic rings. The van der Waals surface area contributed by atoms with Gasteiger partial charge < -0.3 is 10.1 Å². The predicted molar refractivity (Wildman–Crippen MR) is 119 cm³/mol. The number of carbonyl (C=O) groups excluding carboxylic acids is 3. The number of unbranched alkanes of at least 4 members (excludes halogenated alkanes) is 1. The summed E-state index contributed by atoms with van der Waals surface area (Å²) < 4.78 is 5.63. The first-order valence-electron chi connectivity index (χ1n) is 9.81. The Bertz CT molecular complexity index is 952. The minimum Gasteiger partial charge on any atom is -0.494 e. The van der Waals surface area contributed by atoms with Crippen molar-refractivity contribution in [2.24, 2.45) is 0 Å². The second kappa shape index (κ2) is 10.1. The van der Waals surface area contributed by atoms with E-state index in [1.165, 1.54) is 0 Å². The maximum Gasteiger partial charge on any atom is 0.294 e. The van der Waals surface area contributed by atoms with Gasteiger partial charge in [-0.15, -0.1) is 0 Å². The van der Waals surface area contributed by atoms with Gasteiger partial charge in [0.1, 0.15) is 12.3 Å². The van der Waals surface area contributed by atoms with Crippen molar-refractivity contribution in [1.29, 1.82) is 0 Å². The highest BCUT2D eigenvalue weighted by atomic mass is 32.2. The van der Waals surface area contributed by atoms with Gasteiger partial charge in [0.25, 0.3) is 11.1 Å². The van der Waals surface area contributed by atoms with Gasteiger partial charge in [0.2, 0.25) is 5.91 Å². The van der Waals surface area contributed by atoms with Gasteiger partial charge in [-0.25, -0.2) is 0 Å². The molecule has 1 fully saturated rings. The molecule has 7 heteroatoms. The number of benzene rings is 2. The van der Waals surface area contributed by atoms with Crippen molar-refractivity contribution in [3.8, 4) is 5.75 Å². The van der Waals surface area contributed by atoms with E-state index in [0.717, 1.165) is 46.4 Å². The number of imide groups is 1. The lowest BCUT2D eigenvalue weighted by molar-refractivity contribution is -0.127. The van der Waals surface area contributed by atoms with Crippen LogP contribution in [0.3, 0.4) is 0 Å². The third-order valence-electron chi connectivity index (χ3n) is 4.46. The lowest BCUT2D eigenvalue weighted by Crippen LogP contribution is -2.36. The summed E-state index contributed by atoms with van der Waals surface area (Å²) in [5.41, 5.74) is 2.48. The quantitative estimate of drug-likeness (QED) is 0.484. The number of nitrogens with one attached hydrogen (secondary N) is 1. The second-order valence-electron chi connectivity index (χ2n) is 6.95. The monoisotopic (exact) mass is 424 g/mol. The van der Waals surface area contributed by atoms with Crippen LogP contribution in [0.15, 0.2) is 53.4 Å². The number of aryl methyl sites for hydroxylation is 1. The molecule has 1 heterocycles. The van der Waals surface area contributed by atoms with Crippen LogP contribution in [0.5, 0.6) is 5.75 Å². The summed E-state index contributed by atoms with van der Waals surface area (Å²) >= 11 is 0.835. The fourth-order valence-corrected chi connectivity index (χ4v) is 3.60. The van der Waals surface area contributed by atoms with Crippen LogP contribution in [0.2, 0.25) is 0 Å². The molecule has 0 aliphatic carbocycles. The maximum atomic E-state index is 12.6. The average Bonchev–Trinajstić information content (AvgIpc) is 2.98. The molecule has 156 valence electrons. The third-order valence-corrected chi connectivity index (χ3v) is 5.36. The van der Waals surface area contributed by atoms with Crippen molar-refractivity contribution in [3.05, 3.63) is 64.6 Å². The van der Waals surface area contributed by atoms with Gasteiger partial charge >= 0.3 is 0 Å². The molecule has 6 nitrogen and oxygen atoms in total. The Kier molecular flexibility index (Phi) is 7.30. The summed E-state index contributed by atoms with van der Waals surface area (Å²) in [5.74, 6) is -0.121. The Balaban J connectivity index is 1.60. The van der Waals surface area contributed by atoms with Crippen molar-refractivity contribution in [1.82, 2.24) is 4.90 Å². The average molecular weight is 425 g/mol. The number of ether oxygens (including phenoxy) is 1. The van der Waals surface area contributed by atoms with E-state index < -0.39 is 17.1 Å². The first-order valence-corrected chi connectivity index (χ1v) is 10.6. The van der Waals surface area contributed by atoms with Crippen molar-refractivity contribution >= 4 is 40.6 Å². The van der Waals surface area contributed by atoms with Crippen LogP contribution in [0.25, 0.3) is 6.08 Å². The molecule has 0 aromatic heterocycles. The first kappa shape index (κ1) is 21.6. The lowest BCUT2D eigenvalue weighted by atomic mass is 10.2. The SMILES string of the molecule is CCCCOc1ccc(/C=C2\SC(=O)N(CC(=O)Nc3ccc(C)cc3)C2=O)cc1. The van der Waals surface area contributed by atoms with E-state index in [-0.39, 0.29) is 6.54 Å². The van der Waals surface area contributed by atoms with Gasteiger partial charge in [-0.05, 0) is 61.0 Å². The summed E-state index contributed by atoms with van der Waals surface area (Å²) in [4.78, 5) is 38.4. The van der Waals surface area contributed by atoms with Crippen LogP contribution < -0.4 is 10.1 Å². The minimum absolute atomic E-state index is 0.294. The molecule has 3 rings (SSSR count). The Labute approximate surface area is 180 Å². The number of carbonyl (C=O) groups is 3. The standard InChI is InChI=1S/C23H24N2O4S/c1-3-4-13-29-19-11-7-17(8-12-19)14-20-22(27)25(23(28)30-20)15-21(26)24-18-9-5-16(2)6-10-18/h5-12,14H,3-4,13,15H2,1-2H3,(H,24,26)/b20-14-. The lowest BCUT2D eigenvalue weighted by Gasteiger charge is -2.12. The Morgan fingerprint density at radius 1 is 1.10 bits per heavy atom. The van der Waals surface area contributed by atoms with Gasteiger partial charge in [-0.2, -0.15) is 0 Å². The number of thioether (sulfide) groups is 1. The highest BCUT2D eigenvalue weighted by Crippen LogP contribution is 2.32. The number of hydrogen-bond acceptors (Lipinski definition) is 5. The van der Waals surface area contributed by atoms with Gasteiger partial charge in [0, 0.05) is 5.69 Å². The molecule has 1 aliphatic rings. The smallest absolute Gasteiger partial charge is 0.294 e. The van der Waals surface area contributed by atoms with Crippen LogP contribution in [-0.2, 0) is 9.59 Å². The fourth-order valence-electron chi connectivity index (χ4n) is 2.76. The maximum absolute atomic E-state index is 12.6. The zero-order valence-electron chi connectivity index (χ0n) is 17.0. The minimum atomic E-state index is -0.465. The van der Waals surface area contributed by atoms with E-state index >= 15 is 0 Å². The fraction of sp³-hybridized carbons (Fsp3) is 0.261. The highest BCUT2D eigenvalue weighted by molar-refractivity contribution is 8.18. The zero-order valence-corrected chi connectivity index (χ0v) is 17.8. The van der Waals surface area contributed by atoms with Crippen LogP contribution in [0.1, 0.15) is 30.9 Å². The van der Waals surface area contributed by atoms with Gasteiger partial charge in [-0.1, -0.05) is 43.2 Å². The molecule has 0 spiro atoms. The number of hydrogen-bond donors (Lipinski definition) is 1. The first-order chi connectivity index (χ1) is 14.5. The molecule has 1 N–H and O–H groups in total. The summed E-state index contributed by atoms with van der Waals surface area (Å²) in [6.07, 6.45) is 3.71. The Morgan fingerprint density at radius 3 is 2.47 bits per heavy atom. The summed E-state index contributed by atoms with van der Waals surface area (Å²) in [6, 6.07) is 14.6. The van der Waals surface area contributed by atoms with E-state index in [1.807, 2.05) is 43.3 Å². The molecule has 2 aromatic carbocycles. The predicted octanol–water partition coefficient (Wildman–Crippen LogP) is 4.85. The molecular formula is C23H24N2O4S. The number of rotatable bonds is 8. The van der Waals surface area contributed by atoms with Gasteiger partial charge in [0.05, 0.1) is 11.5 Å². The van der Waals surface area contributed by atoms with Gasteiger partial charge in [-0.3, -0.25) is 19.3 Å². The van der Waals surface area contributed by atoms with Crippen LogP contribution in [-0.4, -0.2) is 35.1 Å². The van der Waals surface area contributed by atoms with E-state index in [2.05, 4.69) is 12.2 Å². The summed E-state index contributed by atoms with van der Waals surface area (Å²) in [5, 5.41) is 2.25. The number of anilines is 1. The molecule has 0 radical (unpaired) electrons. The van der Waals surface area contributed by atoms with E-state index in [4.69, 9.17) is 4.74 Å². The number of amides is 3. The van der Waals surface area contributed by atoms with Crippen LogP contribution in [0.4, 0.5) is 10.5 Å². The Hall–Kier alpha value is -3.06. The largest absolute Gasteiger partial charge is 0.494 e. The normalized spacial score (nSPS) is 15.0. The molecule has 1 saturated heterocycles. The highest BCUT2D eigenvalue weighted by Gasteiger charge is 2.36. The number of nitrogens with zero attached hydrogens (tertiary/aromatic N) is 1. The van der Waals surface area contributed by atoms with Crippen molar-refractivity contribution in [3.63, 3.8) is 0 Å². The third kappa shape index (κ3) is 5.73. The van der Waals surface area contributed by atoms with Crippen molar-refractivity contribution in [2.75, 3.05) is 18.5 Å². The second-order valence-corrected chi connectivity index (χ2v) is 7.95. The Morgan fingerprint density at radius 2 is 1.80 bits per heavy atom. The molecule has 0 unspecified atom stereocenters. The topological polar surface area (TPSA) is 75.7 Å². The summed E-state index contributed by atoms with van der Waals surface area (Å²) in [6.45, 7) is 4.40. The van der Waals surface area contributed by atoms with E-state index in [1.54, 1.807) is 18.2 Å². The molecule has 0 atom stereocenters. The van der Waals surface area contributed by atoms with Crippen LogP contribution in [0, 0.1) is 6.92 Å². The van der Waals surface area contributed by atoms with E-state index in [9.17, 15) is 14.4 Å². The molecular weight excluding hydrogens is 400 g/mol. The van der Waals surface area contributed by atoms with E-state index in [0.29, 0.717) is 17.2 Å². The molecule has 0 saturated carbocycles. The zero-order chi connectivity index (χ0) is 21.5. The molecule has 1 aliphatic heterocycles. The van der Waals surface area contributed by atoms with Crippen molar-refractivity contribution < 1.29 is 19.1 Å². The van der Waals surface area contributed by atoms with Crippen LogP contribution >= 0.6 is 11.8 Å². The molecule has 30 heavy (non-hydrogen) atoms. The molecule has 3 amide bonds.